The summed E-state index contributed by atoms with van der Waals surface area (Å²) < 4.78 is 15.0. The monoisotopic (exact) mass is 139 g/mol. The summed E-state index contributed by atoms with van der Waals surface area (Å²) in [6, 6.07) is -0.211. The molecule has 0 heterocycles. The second kappa shape index (κ2) is 4.71. The molecule has 3 nitrogen and oxygen atoms in total. The van der Waals surface area contributed by atoms with E-state index in [0.717, 1.165) is 0 Å². The smallest absolute Gasteiger partial charge is 0.435 e. The lowest BCUT2D eigenvalue weighted by Crippen LogP contribution is -2.04. The van der Waals surface area contributed by atoms with Gasteiger partial charge in [0, 0.05) is 1.37 Å². The van der Waals surface area contributed by atoms with E-state index in [1.165, 1.54) is 0 Å². The van der Waals surface area contributed by atoms with Gasteiger partial charge in [-0.3, -0.25) is 0 Å². The number of halogens is 1. The zero-order valence-electron chi connectivity index (χ0n) is 5.22. The molecule has 0 atom stereocenters. The first-order chi connectivity index (χ1) is 4.31. The van der Waals surface area contributed by atoms with Gasteiger partial charge in [0.2, 0.25) is 0 Å². The lowest BCUT2D eigenvalue weighted by atomic mass is 10.9. The van der Waals surface area contributed by atoms with Crippen molar-refractivity contribution in [3.8, 4) is 0 Å². The Balaban J connectivity index is 3.06. The normalized spacial score (nSPS) is 9.88. The predicted molar refractivity (Wildman–Crippen MR) is 28.8 cm³/mol. The fraction of sp³-hybridized carbons (Fsp3) is 0.750. The number of carbonyl (C=O) groups excluding carboxylic acids is 1. The van der Waals surface area contributed by atoms with Crippen LogP contribution in [0.2, 0.25) is 0 Å². The van der Waals surface area contributed by atoms with Crippen molar-refractivity contribution in [1.82, 2.24) is 0 Å². The van der Waals surface area contributed by atoms with Crippen molar-refractivity contribution in [1.29, 1.82) is 0 Å². The van der Waals surface area contributed by atoms with Gasteiger partial charge in [0.15, 0.2) is 6.07 Å². The molecular weight excluding hydrogens is 131 g/mol. The molecule has 48 valence electrons. The maximum absolute atomic E-state index is 10.2. The van der Waals surface area contributed by atoms with E-state index in [2.05, 4.69) is 9.47 Å². The molecule has 0 saturated carbocycles. The number of alkyl halides is 1. The molecule has 0 radical (unpaired) electrons. The molecule has 0 aromatic heterocycles. The Labute approximate surface area is 53.9 Å². The Kier molecular flexibility index (Phi) is 3.35. The van der Waals surface area contributed by atoms with Gasteiger partial charge in [-0.1, -0.05) is 11.6 Å². The van der Waals surface area contributed by atoms with Gasteiger partial charge in [-0.25, -0.2) is 4.79 Å². The Morgan fingerprint density at radius 3 is 3.12 bits per heavy atom. The Hall–Kier alpha value is -0.440. The van der Waals surface area contributed by atoms with Gasteiger partial charge in [0.1, 0.15) is 0 Å². The van der Waals surface area contributed by atoms with E-state index in [-0.39, 0.29) is 19.6 Å². The molecule has 0 fully saturated rings. The summed E-state index contributed by atoms with van der Waals surface area (Å²) in [5, 5.41) is 0. The van der Waals surface area contributed by atoms with Crippen LogP contribution in [0.15, 0.2) is 0 Å². The summed E-state index contributed by atoms with van der Waals surface area (Å²) in [6.45, 7) is 0.0904. The fourth-order valence-electron chi connectivity index (χ4n) is 0.170. The van der Waals surface area contributed by atoms with Gasteiger partial charge < -0.3 is 9.47 Å². The Morgan fingerprint density at radius 2 is 2.62 bits per heavy atom. The summed E-state index contributed by atoms with van der Waals surface area (Å²) in [5.74, 6) is 0. The molecule has 4 heteroatoms. The second-order valence-electron chi connectivity index (χ2n) is 0.852. The SMILES string of the molecule is [2H]CCOC(=O)OCCl. The quantitative estimate of drug-likeness (QED) is 0.428. The van der Waals surface area contributed by atoms with Crippen LogP contribution in [0.5, 0.6) is 0 Å². The molecule has 0 aliphatic carbocycles. The van der Waals surface area contributed by atoms with E-state index in [1.54, 1.807) is 0 Å². The topological polar surface area (TPSA) is 35.5 Å². The second-order valence-corrected chi connectivity index (χ2v) is 1.07. The molecule has 0 bridgehead atoms. The third-order valence-corrected chi connectivity index (χ3v) is 0.501. The van der Waals surface area contributed by atoms with Crippen LogP contribution >= 0.6 is 11.6 Å². The molecule has 0 saturated heterocycles. The van der Waals surface area contributed by atoms with Gasteiger partial charge >= 0.3 is 6.16 Å². The van der Waals surface area contributed by atoms with Crippen LogP contribution in [0.1, 0.15) is 8.27 Å². The molecule has 0 N–H and O–H groups in total. The molecule has 0 amide bonds. The van der Waals surface area contributed by atoms with E-state index in [4.69, 9.17) is 13.0 Å². The lowest BCUT2D eigenvalue weighted by molar-refractivity contribution is 0.0720. The Morgan fingerprint density at radius 1 is 1.88 bits per heavy atom. The number of carbonyl (C=O) groups is 1. The average Bonchev–Trinajstić information content (AvgIpc) is 1.85. The van der Waals surface area contributed by atoms with Crippen LogP contribution in [0.25, 0.3) is 0 Å². The minimum Gasteiger partial charge on any atom is -0.435 e. The van der Waals surface area contributed by atoms with Crippen molar-refractivity contribution in [3.05, 3.63) is 0 Å². The minimum absolute atomic E-state index is 0.0391. The number of ether oxygens (including phenoxy) is 2. The molecule has 0 aromatic rings. The molecule has 0 spiro atoms. The largest absolute Gasteiger partial charge is 0.509 e. The van der Waals surface area contributed by atoms with Crippen molar-refractivity contribution in [2.75, 3.05) is 12.7 Å². The molecule has 0 rings (SSSR count). The number of hydrogen-bond donors (Lipinski definition) is 0. The van der Waals surface area contributed by atoms with Gasteiger partial charge in [-0.05, 0) is 6.90 Å². The fourth-order valence-corrected chi connectivity index (χ4v) is 0.259. The predicted octanol–water partition coefficient (Wildman–Crippen LogP) is 1.36. The van der Waals surface area contributed by atoms with Crippen LogP contribution in [0, 0.1) is 0 Å². The molecule has 0 unspecified atom stereocenters. The highest BCUT2D eigenvalue weighted by Gasteiger charge is 1.96. The van der Waals surface area contributed by atoms with Crippen molar-refractivity contribution in [2.45, 2.75) is 6.90 Å². The van der Waals surface area contributed by atoms with Crippen molar-refractivity contribution < 1.29 is 15.6 Å². The number of hydrogen-bond acceptors (Lipinski definition) is 3. The van der Waals surface area contributed by atoms with E-state index in [0.29, 0.717) is 0 Å². The first kappa shape index (κ1) is 5.69. The minimum atomic E-state index is -0.822. The van der Waals surface area contributed by atoms with Crippen molar-refractivity contribution in [3.63, 3.8) is 0 Å². The third-order valence-electron chi connectivity index (χ3n) is 0.392. The zero-order valence-corrected chi connectivity index (χ0v) is 4.98. The summed E-state index contributed by atoms with van der Waals surface area (Å²) in [5.41, 5.74) is 0. The highest BCUT2D eigenvalue weighted by Crippen LogP contribution is 1.85. The van der Waals surface area contributed by atoms with Gasteiger partial charge in [-0.2, -0.15) is 0 Å². The van der Waals surface area contributed by atoms with E-state index in [9.17, 15) is 4.79 Å². The molecule has 0 aliphatic rings. The van der Waals surface area contributed by atoms with Crippen LogP contribution in [0.3, 0.4) is 0 Å². The number of rotatable bonds is 2. The molecule has 8 heavy (non-hydrogen) atoms. The van der Waals surface area contributed by atoms with E-state index in [1.807, 2.05) is 0 Å². The maximum Gasteiger partial charge on any atom is 0.509 e. The van der Waals surface area contributed by atoms with Gasteiger partial charge in [0.25, 0.3) is 0 Å². The standard InChI is InChI=1S/C4H7ClO3/c1-2-7-4(6)8-3-5/h2-3H2,1H3/i1D. The van der Waals surface area contributed by atoms with Crippen LogP contribution in [-0.2, 0) is 9.47 Å². The van der Waals surface area contributed by atoms with E-state index < -0.39 is 6.16 Å². The van der Waals surface area contributed by atoms with Crippen molar-refractivity contribution >= 4 is 17.8 Å². The Bertz CT molecular complexity index is 87.9. The first-order valence-corrected chi connectivity index (χ1v) is 2.49. The third kappa shape index (κ3) is 3.74. The van der Waals surface area contributed by atoms with Gasteiger partial charge in [0.05, 0.1) is 6.61 Å². The molecule has 0 aromatic carbocycles. The highest BCUT2D eigenvalue weighted by molar-refractivity contribution is 6.17. The van der Waals surface area contributed by atoms with Crippen molar-refractivity contribution in [2.24, 2.45) is 0 Å². The zero-order chi connectivity index (χ0) is 7.11. The molecular formula is C4H7ClO3. The first-order valence-electron chi connectivity index (χ1n) is 2.66. The molecule has 0 aliphatic heterocycles. The van der Waals surface area contributed by atoms with E-state index >= 15 is 0 Å². The van der Waals surface area contributed by atoms with Crippen LogP contribution < -0.4 is 0 Å². The highest BCUT2D eigenvalue weighted by atomic mass is 35.5. The maximum atomic E-state index is 10.2. The lowest BCUT2D eigenvalue weighted by Gasteiger charge is -1.97. The summed E-state index contributed by atoms with van der Waals surface area (Å²) in [6.07, 6.45) is -0.822. The summed E-state index contributed by atoms with van der Waals surface area (Å²) >= 11 is 5.01. The van der Waals surface area contributed by atoms with Crippen LogP contribution in [-0.4, -0.2) is 18.8 Å². The van der Waals surface area contributed by atoms with Crippen LogP contribution in [0.4, 0.5) is 4.79 Å². The summed E-state index contributed by atoms with van der Waals surface area (Å²) in [7, 11) is 0. The van der Waals surface area contributed by atoms with Gasteiger partial charge in [-0.15, -0.1) is 0 Å². The summed E-state index contributed by atoms with van der Waals surface area (Å²) in [4.78, 5) is 10.2. The average molecular weight is 140 g/mol.